The Kier molecular flexibility index (Phi) is 4.85. The van der Waals surface area contributed by atoms with E-state index in [4.69, 9.17) is 0 Å². The zero-order chi connectivity index (χ0) is 11.5. The third-order valence-corrected chi connectivity index (χ3v) is 4.52. The van der Waals surface area contributed by atoms with Gasteiger partial charge in [-0.05, 0) is 25.7 Å². The van der Waals surface area contributed by atoms with Gasteiger partial charge in [-0.3, -0.25) is 0 Å². The number of hydrogen-bond acceptors (Lipinski definition) is 2. The van der Waals surface area contributed by atoms with Crippen LogP contribution >= 0.6 is 0 Å². The van der Waals surface area contributed by atoms with E-state index in [0.29, 0.717) is 4.91 Å². The molecule has 0 aliphatic rings. The van der Waals surface area contributed by atoms with E-state index in [9.17, 15) is 8.42 Å². The van der Waals surface area contributed by atoms with Crippen molar-refractivity contribution in [1.82, 2.24) is 0 Å². The predicted molar refractivity (Wildman–Crippen MR) is 61.8 cm³/mol. The molecule has 0 amide bonds. The molecule has 0 spiro atoms. The molecule has 0 saturated carbocycles. The molecule has 0 aliphatic heterocycles. The summed E-state index contributed by atoms with van der Waals surface area (Å²) in [6.45, 7) is 11.3. The molecule has 0 aromatic carbocycles. The molecule has 0 heterocycles. The summed E-state index contributed by atoms with van der Waals surface area (Å²) in [5, 5.41) is -0.324. The van der Waals surface area contributed by atoms with E-state index in [1.807, 2.05) is 33.8 Å². The van der Waals surface area contributed by atoms with Crippen LogP contribution in [0.3, 0.4) is 0 Å². The van der Waals surface area contributed by atoms with Gasteiger partial charge in [0.2, 0.25) is 0 Å². The molecule has 0 N–H and O–H groups in total. The predicted octanol–water partition coefficient (Wildman–Crippen LogP) is 3.01. The highest BCUT2D eigenvalue weighted by Gasteiger charge is 2.24. The Hall–Kier alpha value is -0.310. The maximum Gasteiger partial charge on any atom is 0.176 e. The first kappa shape index (κ1) is 13.7. The lowest BCUT2D eigenvalue weighted by Gasteiger charge is -2.16. The Balaban J connectivity index is 5.25. The van der Waals surface area contributed by atoms with Crippen molar-refractivity contribution in [2.75, 3.05) is 0 Å². The monoisotopic (exact) mass is 218 g/mol. The first-order valence-electron chi connectivity index (χ1n) is 5.15. The van der Waals surface area contributed by atoms with Gasteiger partial charge in [-0.25, -0.2) is 8.42 Å². The van der Waals surface area contributed by atoms with Gasteiger partial charge in [-0.1, -0.05) is 33.8 Å². The average molecular weight is 218 g/mol. The number of hydrogen-bond donors (Lipinski definition) is 0. The van der Waals surface area contributed by atoms with Crippen molar-refractivity contribution in [1.29, 1.82) is 0 Å². The Morgan fingerprint density at radius 2 is 1.43 bits per heavy atom. The molecule has 0 aliphatic carbocycles. The number of sulfone groups is 1. The van der Waals surface area contributed by atoms with Crippen LogP contribution in [0.25, 0.3) is 0 Å². The molecule has 0 aromatic heterocycles. The van der Waals surface area contributed by atoms with Gasteiger partial charge in [0.05, 0.1) is 5.25 Å². The minimum absolute atomic E-state index is 0.0739. The van der Waals surface area contributed by atoms with Gasteiger partial charge in [0.25, 0.3) is 0 Å². The molecule has 2 nitrogen and oxygen atoms in total. The largest absolute Gasteiger partial charge is 0.224 e. The van der Waals surface area contributed by atoms with E-state index < -0.39 is 9.84 Å². The van der Waals surface area contributed by atoms with Gasteiger partial charge in [-0.2, -0.15) is 0 Å². The molecular formula is C11H22O2S. The van der Waals surface area contributed by atoms with Gasteiger partial charge in [0, 0.05) is 4.91 Å². The van der Waals surface area contributed by atoms with Gasteiger partial charge in [0.1, 0.15) is 0 Å². The zero-order valence-corrected chi connectivity index (χ0v) is 10.9. The van der Waals surface area contributed by atoms with E-state index in [2.05, 4.69) is 0 Å². The summed E-state index contributed by atoms with van der Waals surface area (Å²) >= 11 is 0. The fourth-order valence-electron chi connectivity index (χ4n) is 1.22. The van der Waals surface area contributed by atoms with Crippen LogP contribution in [0.2, 0.25) is 0 Å². The molecule has 0 fully saturated rings. The normalized spacial score (nSPS) is 14.5. The fourth-order valence-corrected chi connectivity index (χ4v) is 2.88. The van der Waals surface area contributed by atoms with Gasteiger partial charge < -0.3 is 0 Å². The molecule has 84 valence electrons. The van der Waals surface area contributed by atoms with Crippen molar-refractivity contribution in [2.45, 2.75) is 46.8 Å². The van der Waals surface area contributed by atoms with Crippen molar-refractivity contribution in [3.8, 4) is 0 Å². The Labute approximate surface area is 88.3 Å². The van der Waals surface area contributed by atoms with Crippen LogP contribution in [0, 0.1) is 11.8 Å². The van der Waals surface area contributed by atoms with E-state index >= 15 is 0 Å². The smallest absolute Gasteiger partial charge is 0.176 e. The summed E-state index contributed by atoms with van der Waals surface area (Å²) in [4.78, 5) is 0.586. The first-order valence-corrected chi connectivity index (χ1v) is 6.69. The summed E-state index contributed by atoms with van der Waals surface area (Å²) in [5.41, 5.74) is 0. The molecule has 0 rings (SSSR count). The topological polar surface area (TPSA) is 34.1 Å². The first-order chi connectivity index (χ1) is 6.19. The van der Waals surface area contributed by atoms with E-state index in [1.165, 1.54) is 0 Å². The third kappa shape index (κ3) is 3.45. The van der Waals surface area contributed by atoms with Crippen LogP contribution in [0.5, 0.6) is 0 Å². The molecular weight excluding hydrogens is 196 g/mol. The van der Waals surface area contributed by atoms with E-state index in [1.54, 1.807) is 13.8 Å². The highest BCUT2D eigenvalue weighted by molar-refractivity contribution is 7.95. The molecule has 0 saturated heterocycles. The second kappa shape index (κ2) is 4.96. The maximum absolute atomic E-state index is 11.9. The number of allylic oxidation sites excluding steroid dienone is 2. The van der Waals surface area contributed by atoms with Gasteiger partial charge >= 0.3 is 0 Å². The quantitative estimate of drug-likeness (QED) is 0.727. The maximum atomic E-state index is 11.9. The lowest BCUT2D eigenvalue weighted by atomic mass is 10.1. The minimum Gasteiger partial charge on any atom is -0.224 e. The van der Waals surface area contributed by atoms with Crippen LogP contribution < -0.4 is 0 Å². The lowest BCUT2D eigenvalue weighted by Crippen LogP contribution is -2.19. The lowest BCUT2D eigenvalue weighted by molar-refractivity contribution is 0.585. The fraction of sp³-hybridized carbons (Fsp3) is 0.818. The van der Waals surface area contributed by atoms with Crippen LogP contribution in [-0.2, 0) is 9.84 Å². The molecule has 0 atom stereocenters. The van der Waals surface area contributed by atoms with E-state index in [0.717, 1.165) is 0 Å². The summed E-state index contributed by atoms with van der Waals surface area (Å²) < 4.78 is 23.9. The Morgan fingerprint density at radius 1 is 1.00 bits per heavy atom. The average Bonchev–Trinajstić information content (AvgIpc) is 1.98. The second-order valence-corrected chi connectivity index (χ2v) is 7.07. The van der Waals surface area contributed by atoms with Crippen LogP contribution in [0.4, 0.5) is 0 Å². The summed E-state index contributed by atoms with van der Waals surface area (Å²) in [5.74, 6) is 0.353. The Bertz CT molecular complexity index is 295. The Morgan fingerprint density at radius 3 is 1.64 bits per heavy atom. The molecule has 14 heavy (non-hydrogen) atoms. The van der Waals surface area contributed by atoms with Gasteiger partial charge in [0.15, 0.2) is 9.84 Å². The SMILES string of the molecule is CC(C)/C=C(/C(C)C)S(=O)(=O)C(C)C. The number of rotatable bonds is 4. The standard InChI is InChI=1S/C11H22O2S/c1-8(2)7-11(9(3)4)14(12,13)10(5)6/h7-10H,1-6H3/b11-7-. The van der Waals surface area contributed by atoms with Crippen molar-refractivity contribution in [2.24, 2.45) is 11.8 Å². The highest BCUT2D eigenvalue weighted by atomic mass is 32.2. The second-order valence-electron chi connectivity index (χ2n) is 4.56. The van der Waals surface area contributed by atoms with Crippen LogP contribution in [0.15, 0.2) is 11.0 Å². The molecule has 3 heteroatoms. The zero-order valence-electron chi connectivity index (χ0n) is 10.0. The molecule has 0 aromatic rings. The van der Waals surface area contributed by atoms with E-state index in [-0.39, 0.29) is 17.1 Å². The summed E-state index contributed by atoms with van der Waals surface area (Å²) in [6, 6.07) is 0. The molecule has 0 bridgehead atoms. The van der Waals surface area contributed by atoms with Crippen molar-refractivity contribution < 1.29 is 8.42 Å². The summed E-state index contributed by atoms with van der Waals surface area (Å²) in [6.07, 6.45) is 1.86. The van der Waals surface area contributed by atoms with Crippen molar-refractivity contribution in [3.05, 3.63) is 11.0 Å². The molecule has 0 radical (unpaired) electrons. The third-order valence-electron chi connectivity index (χ3n) is 2.02. The van der Waals surface area contributed by atoms with Crippen molar-refractivity contribution >= 4 is 9.84 Å². The van der Waals surface area contributed by atoms with Crippen LogP contribution in [0.1, 0.15) is 41.5 Å². The van der Waals surface area contributed by atoms with Gasteiger partial charge in [-0.15, -0.1) is 0 Å². The summed E-state index contributed by atoms with van der Waals surface area (Å²) in [7, 11) is -3.07. The minimum atomic E-state index is -3.07. The van der Waals surface area contributed by atoms with Crippen LogP contribution in [-0.4, -0.2) is 13.7 Å². The van der Waals surface area contributed by atoms with Crippen molar-refractivity contribution in [3.63, 3.8) is 0 Å². The highest BCUT2D eigenvalue weighted by Crippen LogP contribution is 2.23. The molecule has 0 unspecified atom stereocenters.